The number of aryl methyl sites for hydroxylation is 1. The third kappa shape index (κ3) is 3.90. The molecule has 5 rings (SSSR count). The van der Waals surface area contributed by atoms with E-state index in [-0.39, 0.29) is 23.4 Å². The van der Waals surface area contributed by atoms with Gasteiger partial charge in [-0.3, -0.25) is 9.59 Å². The summed E-state index contributed by atoms with van der Waals surface area (Å²) in [5.74, 6) is 0.322. The van der Waals surface area contributed by atoms with Crippen LogP contribution in [0.25, 0.3) is 5.69 Å². The van der Waals surface area contributed by atoms with Gasteiger partial charge in [-0.05, 0) is 69.0 Å². The quantitative estimate of drug-likeness (QED) is 0.621. The van der Waals surface area contributed by atoms with Crippen molar-refractivity contribution in [3.8, 4) is 11.4 Å². The number of ketones is 1. The fourth-order valence-corrected chi connectivity index (χ4v) is 4.40. The van der Waals surface area contributed by atoms with Crippen LogP contribution in [0.1, 0.15) is 63.7 Å². The van der Waals surface area contributed by atoms with E-state index in [0.29, 0.717) is 43.1 Å². The summed E-state index contributed by atoms with van der Waals surface area (Å²) < 4.78 is 1.81. The lowest BCUT2D eigenvalue weighted by Gasteiger charge is -2.31. The molecule has 1 aromatic heterocycles. The van der Waals surface area contributed by atoms with Gasteiger partial charge in [-0.2, -0.15) is 0 Å². The van der Waals surface area contributed by atoms with Gasteiger partial charge in [0.25, 0.3) is 5.91 Å². The zero-order valence-corrected chi connectivity index (χ0v) is 18.1. The number of nitrogens with zero attached hydrogens (tertiary/aromatic N) is 4. The zero-order valence-electron chi connectivity index (χ0n) is 18.1. The van der Waals surface area contributed by atoms with E-state index in [0.717, 1.165) is 24.2 Å². The molecule has 2 heterocycles. The van der Waals surface area contributed by atoms with Crippen molar-refractivity contribution in [1.82, 2.24) is 19.9 Å². The molecule has 1 amide bonds. The number of Topliss-reactive ketones (excluding diaryl/α,β-unsaturated/α-hetero) is 1. The Morgan fingerprint density at radius 2 is 1.59 bits per heavy atom. The van der Waals surface area contributed by atoms with E-state index in [4.69, 9.17) is 0 Å². The lowest BCUT2D eigenvalue weighted by Crippen LogP contribution is -2.40. The molecule has 0 radical (unpaired) electrons. The van der Waals surface area contributed by atoms with Gasteiger partial charge >= 0.3 is 0 Å². The molecule has 3 aromatic rings. The van der Waals surface area contributed by atoms with E-state index in [2.05, 4.69) is 10.3 Å². The van der Waals surface area contributed by atoms with Crippen molar-refractivity contribution < 1.29 is 14.7 Å². The Balaban J connectivity index is 1.31. The standard InChI is InChI=1S/C25H26N4O3/c1-16-2-8-20(9-3-16)29-23(17-4-5-17)22(26-27-29)25(32)28-14-12-19(13-15-28)24(31)18-6-10-21(30)11-7-18/h2-3,6-11,17,19,30H,4-5,12-15H2,1H3. The topological polar surface area (TPSA) is 88.3 Å². The summed E-state index contributed by atoms with van der Waals surface area (Å²) in [5.41, 5.74) is 4.03. The summed E-state index contributed by atoms with van der Waals surface area (Å²) in [7, 11) is 0. The van der Waals surface area contributed by atoms with Gasteiger partial charge in [0, 0.05) is 30.5 Å². The number of carbonyl (C=O) groups is 2. The van der Waals surface area contributed by atoms with Crippen LogP contribution in [0.3, 0.4) is 0 Å². The molecule has 1 aliphatic heterocycles. The van der Waals surface area contributed by atoms with E-state index in [1.807, 2.05) is 35.9 Å². The number of aromatic hydroxyl groups is 1. The van der Waals surface area contributed by atoms with Crippen molar-refractivity contribution in [2.45, 2.75) is 38.5 Å². The van der Waals surface area contributed by atoms with Gasteiger partial charge in [0.1, 0.15) is 5.75 Å². The SMILES string of the molecule is Cc1ccc(-n2nnc(C(=O)N3CCC(C(=O)c4ccc(O)cc4)CC3)c2C2CC2)cc1. The summed E-state index contributed by atoms with van der Waals surface area (Å²) in [6.45, 7) is 3.08. The number of hydrogen-bond donors (Lipinski definition) is 1. The molecule has 0 spiro atoms. The van der Waals surface area contributed by atoms with Gasteiger partial charge in [0.15, 0.2) is 11.5 Å². The Kier molecular flexibility index (Phi) is 5.25. The number of benzene rings is 2. The van der Waals surface area contributed by atoms with Crippen molar-refractivity contribution in [2.75, 3.05) is 13.1 Å². The largest absolute Gasteiger partial charge is 0.508 e. The van der Waals surface area contributed by atoms with Gasteiger partial charge in [-0.15, -0.1) is 5.10 Å². The van der Waals surface area contributed by atoms with Crippen LogP contribution in [-0.4, -0.2) is 49.8 Å². The van der Waals surface area contributed by atoms with Gasteiger partial charge in [0.2, 0.25) is 0 Å². The van der Waals surface area contributed by atoms with Crippen LogP contribution < -0.4 is 0 Å². The van der Waals surface area contributed by atoms with E-state index >= 15 is 0 Å². The molecule has 1 saturated heterocycles. The summed E-state index contributed by atoms with van der Waals surface area (Å²) in [4.78, 5) is 27.9. The highest BCUT2D eigenvalue weighted by Gasteiger charge is 2.37. The molecule has 7 nitrogen and oxygen atoms in total. The number of phenols is 1. The van der Waals surface area contributed by atoms with Gasteiger partial charge in [-0.25, -0.2) is 4.68 Å². The average molecular weight is 431 g/mol. The Bertz CT molecular complexity index is 1140. The summed E-state index contributed by atoms with van der Waals surface area (Å²) >= 11 is 0. The number of likely N-dealkylation sites (tertiary alicyclic amines) is 1. The first-order valence-corrected chi connectivity index (χ1v) is 11.2. The molecule has 32 heavy (non-hydrogen) atoms. The van der Waals surface area contributed by atoms with Crippen molar-refractivity contribution in [1.29, 1.82) is 0 Å². The number of aromatic nitrogens is 3. The van der Waals surface area contributed by atoms with Gasteiger partial charge < -0.3 is 10.0 Å². The second-order valence-electron chi connectivity index (χ2n) is 8.82. The molecular formula is C25H26N4O3. The average Bonchev–Trinajstić information content (AvgIpc) is 3.57. The second-order valence-corrected chi connectivity index (χ2v) is 8.82. The number of amides is 1. The number of rotatable bonds is 5. The third-order valence-corrected chi connectivity index (χ3v) is 6.45. The zero-order chi connectivity index (χ0) is 22.2. The lowest BCUT2D eigenvalue weighted by atomic mass is 9.88. The maximum Gasteiger partial charge on any atom is 0.276 e. The molecule has 2 aliphatic rings. The van der Waals surface area contributed by atoms with Gasteiger partial charge in [0.05, 0.1) is 11.4 Å². The Morgan fingerprint density at radius 1 is 0.938 bits per heavy atom. The Morgan fingerprint density at radius 3 is 2.22 bits per heavy atom. The highest BCUT2D eigenvalue weighted by atomic mass is 16.3. The minimum Gasteiger partial charge on any atom is -0.508 e. The monoisotopic (exact) mass is 430 g/mol. The van der Waals surface area contributed by atoms with Crippen LogP contribution in [-0.2, 0) is 0 Å². The molecule has 7 heteroatoms. The second kappa shape index (κ2) is 8.22. The predicted octanol–water partition coefficient (Wildman–Crippen LogP) is 3.89. The molecule has 0 atom stereocenters. The van der Waals surface area contributed by atoms with Crippen molar-refractivity contribution >= 4 is 11.7 Å². The van der Waals surface area contributed by atoms with Gasteiger partial charge in [-0.1, -0.05) is 22.9 Å². The first-order valence-electron chi connectivity index (χ1n) is 11.2. The molecule has 0 bridgehead atoms. The Labute approximate surface area is 186 Å². The molecule has 1 aliphatic carbocycles. The molecule has 0 unspecified atom stereocenters. The van der Waals surface area contributed by atoms with E-state index < -0.39 is 0 Å². The minimum absolute atomic E-state index is 0.0704. The van der Waals surface area contributed by atoms with Crippen LogP contribution in [0.4, 0.5) is 0 Å². The molecule has 2 fully saturated rings. The minimum atomic E-state index is -0.116. The molecule has 1 N–H and O–H groups in total. The number of piperidine rings is 1. The summed E-state index contributed by atoms with van der Waals surface area (Å²) in [6, 6.07) is 14.4. The normalized spacial score (nSPS) is 16.8. The van der Waals surface area contributed by atoms with Crippen LogP contribution in [0, 0.1) is 12.8 Å². The van der Waals surface area contributed by atoms with Crippen molar-refractivity contribution in [3.05, 3.63) is 71.0 Å². The Hall–Kier alpha value is -3.48. The highest BCUT2D eigenvalue weighted by Crippen LogP contribution is 2.42. The van der Waals surface area contributed by atoms with E-state index in [1.54, 1.807) is 17.0 Å². The highest BCUT2D eigenvalue weighted by molar-refractivity contribution is 5.98. The third-order valence-electron chi connectivity index (χ3n) is 6.45. The number of carbonyl (C=O) groups excluding carboxylic acids is 2. The smallest absolute Gasteiger partial charge is 0.276 e. The van der Waals surface area contributed by atoms with E-state index in [1.165, 1.54) is 17.7 Å². The van der Waals surface area contributed by atoms with E-state index in [9.17, 15) is 14.7 Å². The predicted molar refractivity (Wildman–Crippen MR) is 119 cm³/mol. The van der Waals surface area contributed by atoms with Crippen LogP contribution in [0.15, 0.2) is 48.5 Å². The maximum atomic E-state index is 13.3. The fraction of sp³-hybridized carbons (Fsp3) is 0.360. The summed E-state index contributed by atoms with van der Waals surface area (Å²) in [6.07, 6.45) is 3.33. The first-order chi connectivity index (χ1) is 15.5. The molecule has 164 valence electrons. The first kappa shape index (κ1) is 20.4. The number of phenolic OH excluding ortho intramolecular Hbond substituents is 1. The lowest BCUT2D eigenvalue weighted by molar-refractivity contribution is 0.0644. The van der Waals surface area contributed by atoms with Crippen molar-refractivity contribution in [3.63, 3.8) is 0 Å². The fourth-order valence-electron chi connectivity index (χ4n) is 4.40. The summed E-state index contributed by atoms with van der Waals surface area (Å²) in [5, 5.41) is 18.1. The van der Waals surface area contributed by atoms with Crippen LogP contribution in [0.2, 0.25) is 0 Å². The molecule has 2 aromatic carbocycles. The van der Waals surface area contributed by atoms with Crippen LogP contribution in [0.5, 0.6) is 5.75 Å². The molecule has 1 saturated carbocycles. The molecular weight excluding hydrogens is 404 g/mol. The van der Waals surface area contributed by atoms with Crippen LogP contribution >= 0.6 is 0 Å². The number of hydrogen-bond acceptors (Lipinski definition) is 5. The maximum absolute atomic E-state index is 13.3. The van der Waals surface area contributed by atoms with Crippen molar-refractivity contribution in [2.24, 2.45) is 5.92 Å².